The summed E-state index contributed by atoms with van der Waals surface area (Å²) < 4.78 is 16.6. The summed E-state index contributed by atoms with van der Waals surface area (Å²) in [5.74, 6) is 1.45. The molecule has 0 aliphatic rings. The quantitative estimate of drug-likeness (QED) is 0.827. The zero-order valence-electron chi connectivity index (χ0n) is 7.83. The van der Waals surface area contributed by atoms with E-state index in [9.17, 15) is 0 Å². The first-order chi connectivity index (χ1) is 6.76. The fourth-order valence-electron chi connectivity index (χ4n) is 1.35. The van der Waals surface area contributed by atoms with Gasteiger partial charge in [0.2, 0.25) is 0 Å². The normalized spacial score (nSPS) is 10.5. The van der Waals surface area contributed by atoms with Crippen LogP contribution in [-0.2, 0) is 0 Å². The van der Waals surface area contributed by atoms with Gasteiger partial charge in [0.25, 0.3) is 0 Å². The average Bonchev–Trinajstić information content (AvgIpc) is 2.59. The number of hydrogen-bond acceptors (Lipinski definition) is 3. The van der Waals surface area contributed by atoms with Gasteiger partial charge in [0, 0.05) is 12.1 Å². The van der Waals surface area contributed by atoms with Crippen molar-refractivity contribution in [3.05, 3.63) is 22.9 Å². The van der Waals surface area contributed by atoms with Crippen LogP contribution < -0.4 is 9.47 Å². The van der Waals surface area contributed by atoms with E-state index in [4.69, 9.17) is 13.9 Å². The van der Waals surface area contributed by atoms with Gasteiger partial charge in [-0.05, 0) is 15.9 Å². The van der Waals surface area contributed by atoms with Crippen LogP contribution in [0.1, 0.15) is 0 Å². The molecule has 0 radical (unpaired) electrons. The third-order valence-electron chi connectivity index (χ3n) is 2.02. The van der Waals surface area contributed by atoms with E-state index in [0.717, 1.165) is 26.9 Å². The molecule has 0 unspecified atom stereocenters. The monoisotopic (exact) mass is 256 g/mol. The van der Waals surface area contributed by atoms with E-state index in [2.05, 4.69) is 15.9 Å². The Morgan fingerprint density at radius 1 is 1.21 bits per heavy atom. The van der Waals surface area contributed by atoms with Crippen molar-refractivity contribution in [2.45, 2.75) is 0 Å². The Labute approximate surface area is 89.7 Å². The highest BCUT2D eigenvalue weighted by atomic mass is 79.9. The maximum atomic E-state index is 5.33. The Morgan fingerprint density at radius 2 is 2.00 bits per heavy atom. The summed E-state index contributed by atoms with van der Waals surface area (Å²) in [4.78, 5) is 0. The van der Waals surface area contributed by atoms with Crippen LogP contribution in [0.5, 0.6) is 11.5 Å². The predicted octanol–water partition coefficient (Wildman–Crippen LogP) is 3.21. The number of rotatable bonds is 2. The number of methoxy groups -OCH3 is 2. The summed E-state index contributed by atoms with van der Waals surface area (Å²) >= 11 is 3.39. The molecule has 74 valence electrons. The molecule has 2 rings (SSSR count). The minimum absolute atomic E-state index is 0.719. The van der Waals surface area contributed by atoms with Crippen molar-refractivity contribution in [2.75, 3.05) is 14.2 Å². The summed E-state index contributed by atoms with van der Waals surface area (Å²) in [6, 6.07) is 3.64. The molecule has 3 nitrogen and oxygen atoms in total. The lowest BCUT2D eigenvalue weighted by Crippen LogP contribution is -1.87. The summed E-state index contributed by atoms with van der Waals surface area (Å²) in [6.45, 7) is 0. The van der Waals surface area contributed by atoms with Crippen molar-refractivity contribution in [2.24, 2.45) is 0 Å². The van der Waals surface area contributed by atoms with Gasteiger partial charge in [-0.2, -0.15) is 0 Å². The SMILES string of the molecule is COc1cc(OC)c2c(Br)coc2c1. The second kappa shape index (κ2) is 3.53. The van der Waals surface area contributed by atoms with Gasteiger partial charge in [0.05, 0.1) is 24.1 Å². The number of furan rings is 1. The minimum Gasteiger partial charge on any atom is -0.496 e. The van der Waals surface area contributed by atoms with E-state index in [-0.39, 0.29) is 0 Å². The first-order valence-corrected chi connectivity index (χ1v) is 4.84. The largest absolute Gasteiger partial charge is 0.496 e. The Balaban J connectivity index is 2.76. The van der Waals surface area contributed by atoms with Crippen molar-refractivity contribution < 1.29 is 13.9 Å². The molecule has 0 aliphatic carbocycles. The molecule has 0 N–H and O–H groups in total. The van der Waals surface area contributed by atoms with E-state index >= 15 is 0 Å². The molecule has 0 fully saturated rings. The Morgan fingerprint density at radius 3 is 2.64 bits per heavy atom. The summed E-state index contributed by atoms with van der Waals surface area (Å²) in [6.07, 6.45) is 1.63. The maximum Gasteiger partial charge on any atom is 0.142 e. The third-order valence-corrected chi connectivity index (χ3v) is 2.61. The first-order valence-electron chi connectivity index (χ1n) is 4.05. The van der Waals surface area contributed by atoms with Crippen LogP contribution in [0.25, 0.3) is 11.0 Å². The average molecular weight is 257 g/mol. The summed E-state index contributed by atoms with van der Waals surface area (Å²) in [5, 5.41) is 0.924. The van der Waals surface area contributed by atoms with Gasteiger partial charge >= 0.3 is 0 Å². The highest BCUT2D eigenvalue weighted by Crippen LogP contribution is 2.37. The number of fused-ring (bicyclic) bond motifs is 1. The Bertz CT molecular complexity index is 462. The van der Waals surface area contributed by atoms with Gasteiger partial charge in [-0.25, -0.2) is 0 Å². The maximum absolute atomic E-state index is 5.33. The van der Waals surface area contributed by atoms with Gasteiger partial charge in [0.1, 0.15) is 23.3 Å². The number of benzene rings is 1. The van der Waals surface area contributed by atoms with E-state index in [1.807, 2.05) is 12.1 Å². The van der Waals surface area contributed by atoms with Crippen molar-refractivity contribution >= 4 is 26.9 Å². The highest BCUT2D eigenvalue weighted by Gasteiger charge is 2.11. The zero-order valence-corrected chi connectivity index (χ0v) is 9.42. The van der Waals surface area contributed by atoms with Crippen LogP contribution in [0.2, 0.25) is 0 Å². The molecule has 0 saturated heterocycles. The lowest BCUT2D eigenvalue weighted by atomic mass is 10.2. The third kappa shape index (κ3) is 1.35. The Kier molecular flexibility index (Phi) is 2.37. The Hall–Kier alpha value is -1.16. The molecular formula is C10H9BrO3. The van der Waals surface area contributed by atoms with Crippen LogP contribution in [0.4, 0.5) is 0 Å². The second-order valence-corrected chi connectivity index (χ2v) is 3.64. The molecule has 0 saturated carbocycles. The van der Waals surface area contributed by atoms with Gasteiger partial charge in [-0.3, -0.25) is 0 Å². The van der Waals surface area contributed by atoms with Crippen LogP contribution in [-0.4, -0.2) is 14.2 Å². The first kappa shape index (κ1) is 9.40. The zero-order chi connectivity index (χ0) is 10.1. The highest BCUT2D eigenvalue weighted by molar-refractivity contribution is 9.10. The number of hydrogen-bond donors (Lipinski definition) is 0. The van der Waals surface area contributed by atoms with E-state index < -0.39 is 0 Å². The molecular weight excluding hydrogens is 248 g/mol. The summed E-state index contributed by atoms with van der Waals surface area (Å²) in [7, 11) is 3.23. The van der Waals surface area contributed by atoms with Crippen molar-refractivity contribution in [3.63, 3.8) is 0 Å². The van der Waals surface area contributed by atoms with Gasteiger partial charge in [-0.15, -0.1) is 0 Å². The predicted molar refractivity (Wildman–Crippen MR) is 57.0 cm³/mol. The molecule has 0 spiro atoms. The van der Waals surface area contributed by atoms with Gasteiger partial charge < -0.3 is 13.9 Å². The minimum atomic E-state index is 0.719. The summed E-state index contributed by atoms with van der Waals surface area (Å²) in [5.41, 5.74) is 0.744. The van der Waals surface area contributed by atoms with E-state index in [0.29, 0.717) is 0 Å². The molecule has 2 aromatic rings. The molecule has 1 aromatic heterocycles. The molecule has 14 heavy (non-hydrogen) atoms. The van der Waals surface area contributed by atoms with Crippen molar-refractivity contribution in [1.29, 1.82) is 0 Å². The molecule has 1 heterocycles. The molecule has 0 amide bonds. The standard InChI is InChI=1S/C10H9BrO3/c1-12-6-3-8(13-2)10-7(11)5-14-9(10)4-6/h3-5H,1-2H3. The van der Waals surface area contributed by atoms with Crippen molar-refractivity contribution in [3.8, 4) is 11.5 Å². The van der Waals surface area contributed by atoms with Gasteiger partial charge in [0.15, 0.2) is 0 Å². The smallest absolute Gasteiger partial charge is 0.142 e. The van der Waals surface area contributed by atoms with Crippen LogP contribution in [0.3, 0.4) is 0 Å². The topological polar surface area (TPSA) is 31.6 Å². The molecule has 4 heteroatoms. The molecule has 0 aliphatic heterocycles. The lowest BCUT2D eigenvalue weighted by molar-refractivity contribution is 0.397. The molecule has 1 aromatic carbocycles. The lowest BCUT2D eigenvalue weighted by Gasteiger charge is -2.04. The molecule has 0 bridgehead atoms. The van der Waals surface area contributed by atoms with Crippen LogP contribution >= 0.6 is 15.9 Å². The molecule has 0 atom stereocenters. The van der Waals surface area contributed by atoms with E-state index in [1.54, 1.807) is 20.5 Å². The van der Waals surface area contributed by atoms with Crippen molar-refractivity contribution in [1.82, 2.24) is 0 Å². The van der Waals surface area contributed by atoms with Gasteiger partial charge in [-0.1, -0.05) is 0 Å². The number of halogens is 1. The second-order valence-electron chi connectivity index (χ2n) is 2.79. The van der Waals surface area contributed by atoms with Crippen LogP contribution in [0, 0.1) is 0 Å². The number of ether oxygens (including phenoxy) is 2. The van der Waals surface area contributed by atoms with E-state index in [1.165, 1.54) is 0 Å². The van der Waals surface area contributed by atoms with Crippen LogP contribution in [0.15, 0.2) is 27.3 Å². The fraction of sp³-hybridized carbons (Fsp3) is 0.200. The fourth-order valence-corrected chi connectivity index (χ4v) is 1.83.